The summed E-state index contributed by atoms with van der Waals surface area (Å²) in [5, 5.41) is 3.46. The number of likely N-dealkylation sites (tertiary alicyclic amines) is 1. The van der Waals surface area contributed by atoms with E-state index >= 15 is 0 Å². The number of nitrogens with zero attached hydrogens (tertiary/aromatic N) is 1. The van der Waals surface area contributed by atoms with Crippen molar-refractivity contribution < 1.29 is 0 Å². The van der Waals surface area contributed by atoms with E-state index in [0.29, 0.717) is 5.41 Å². The van der Waals surface area contributed by atoms with E-state index in [9.17, 15) is 0 Å². The second-order valence-electron chi connectivity index (χ2n) is 7.12. The minimum Gasteiger partial charge on any atom is -0.319 e. The molecule has 1 saturated heterocycles. The van der Waals surface area contributed by atoms with Gasteiger partial charge < -0.3 is 10.2 Å². The Morgan fingerprint density at radius 1 is 1.22 bits per heavy atom. The van der Waals surface area contributed by atoms with Gasteiger partial charge in [0.2, 0.25) is 0 Å². The molecule has 18 heavy (non-hydrogen) atoms. The Hall–Kier alpha value is -0.0800. The van der Waals surface area contributed by atoms with Crippen LogP contribution in [-0.2, 0) is 0 Å². The maximum atomic E-state index is 3.46. The van der Waals surface area contributed by atoms with Crippen LogP contribution in [0.4, 0.5) is 0 Å². The Bertz CT molecular complexity index is 238. The summed E-state index contributed by atoms with van der Waals surface area (Å²) in [6, 6.07) is 0. The van der Waals surface area contributed by atoms with Gasteiger partial charge in [-0.1, -0.05) is 33.1 Å². The van der Waals surface area contributed by atoms with Gasteiger partial charge in [0.25, 0.3) is 0 Å². The first-order valence-electron chi connectivity index (χ1n) is 8.02. The molecule has 1 N–H and O–H groups in total. The van der Waals surface area contributed by atoms with Gasteiger partial charge in [-0.2, -0.15) is 0 Å². The summed E-state index contributed by atoms with van der Waals surface area (Å²) in [5.74, 6) is 1.81. The monoisotopic (exact) mass is 252 g/mol. The topological polar surface area (TPSA) is 15.3 Å². The van der Waals surface area contributed by atoms with Crippen molar-refractivity contribution >= 4 is 0 Å². The van der Waals surface area contributed by atoms with Gasteiger partial charge in [0, 0.05) is 19.6 Å². The minimum atomic E-state index is 0.582. The molecule has 2 nitrogen and oxygen atoms in total. The van der Waals surface area contributed by atoms with Crippen molar-refractivity contribution in [3.05, 3.63) is 0 Å². The summed E-state index contributed by atoms with van der Waals surface area (Å²) in [6.45, 7) is 10.0. The molecule has 2 fully saturated rings. The van der Waals surface area contributed by atoms with Crippen molar-refractivity contribution in [2.24, 2.45) is 17.3 Å². The molecule has 0 spiro atoms. The molecule has 1 heterocycles. The molecule has 1 unspecified atom stereocenters. The molecule has 0 aromatic carbocycles. The summed E-state index contributed by atoms with van der Waals surface area (Å²) in [6.07, 6.45) is 8.66. The maximum Gasteiger partial charge on any atom is 0.00503 e. The molecular formula is C16H32N2. The molecular weight excluding hydrogens is 220 g/mol. The van der Waals surface area contributed by atoms with Gasteiger partial charge in [0.1, 0.15) is 0 Å². The van der Waals surface area contributed by atoms with Crippen LogP contribution in [0.1, 0.15) is 52.4 Å². The van der Waals surface area contributed by atoms with Crippen LogP contribution in [0.25, 0.3) is 0 Å². The normalized spacial score (nSPS) is 29.0. The molecule has 2 heteroatoms. The van der Waals surface area contributed by atoms with Gasteiger partial charge in [-0.25, -0.2) is 0 Å². The van der Waals surface area contributed by atoms with E-state index in [1.54, 1.807) is 0 Å². The number of rotatable bonds is 5. The molecule has 0 aromatic heterocycles. The zero-order valence-electron chi connectivity index (χ0n) is 12.7. The van der Waals surface area contributed by atoms with Gasteiger partial charge >= 0.3 is 0 Å². The van der Waals surface area contributed by atoms with Crippen LogP contribution in [0.5, 0.6) is 0 Å². The van der Waals surface area contributed by atoms with E-state index < -0.39 is 0 Å². The third kappa shape index (κ3) is 3.48. The zero-order chi connectivity index (χ0) is 13.0. The summed E-state index contributed by atoms with van der Waals surface area (Å²) in [4.78, 5) is 2.76. The second-order valence-corrected chi connectivity index (χ2v) is 7.12. The summed E-state index contributed by atoms with van der Waals surface area (Å²) in [7, 11) is 2.12. The Morgan fingerprint density at radius 3 is 2.50 bits per heavy atom. The fourth-order valence-corrected chi connectivity index (χ4v) is 4.09. The van der Waals surface area contributed by atoms with Crippen LogP contribution in [0.3, 0.4) is 0 Å². The number of nitrogens with one attached hydrogen (secondary N) is 1. The molecule has 1 saturated carbocycles. The van der Waals surface area contributed by atoms with Crippen molar-refractivity contribution in [2.45, 2.75) is 52.4 Å². The predicted octanol–water partition coefficient (Wildman–Crippen LogP) is 3.13. The highest BCUT2D eigenvalue weighted by Crippen LogP contribution is 2.38. The van der Waals surface area contributed by atoms with Crippen molar-refractivity contribution in [1.29, 1.82) is 0 Å². The highest BCUT2D eigenvalue weighted by Gasteiger charge is 2.35. The van der Waals surface area contributed by atoms with Crippen molar-refractivity contribution in [1.82, 2.24) is 10.2 Å². The Kier molecular flexibility index (Phi) is 5.08. The largest absolute Gasteiger partial charge is 0.319 e. The van der Waals surface area contributed by atoms with E-state index in [0.717, 1.165) is 11.8 Å². The van der Waals surface area contributed by atoms with E-state index in [1.807, 2.05) is 0 Å². The quantitative estimate of drug-likeness (QED) is 0.808. The van der Waals surface area contributed by atoms with Gasteiger partial charge in [0.05, 0.1) is 0 Å². The van der Waals surface area contributed by atoms with Gasteiger partial charge in [0.15, 0.2) is 0 Å². The first-order chi connectivity index (χ1) is 8.65. The second kappa shape index (κ2) is 6.38. The molecule has 0 radical (unpaired) electrons. The first-order valence-corrected chi connectivity index (χ1v) is 8.02. The Labute approximate surface area is 114 Å². The maximum absolute atomic E-state index is 3.46. The number of hydrogen-bond acceptors (Lipinski definition) is 2. The molecule has 0 amide bonds. The lowest BCUT2D eigenvalue weighted by Crippen LogP contribution is -2.44. The fourth-order valence-electron chi connectivity index (χ4n) is 4.09. The van der Waals surface area contributed by atoms with E-state index in [-0.39, 0.29) is 0 Å². The highest BCUT2D eigenvalue weighted by atomic mass is 15.2. The van der Waals surface area contributed by atoms with Crippen LogP contribution in [0.2, 0.25) is 0 Å². The molecule has 1 atom stereocenters. The molecule has 0 aromatic rings. The molecule has 2 aliphatic rings. The van der Waals surface area contributed by atoms with Gasteiger partial charge in [-0.3, -0.25) is 0 Å². The van der Waals surface area contributed by atoms with Crippen LogP contribution in [0, 0.1) is 17.3 Å². The van der Waals surface area contributed by atoms with Crippen LogP contribution in [0.15, 0.2) is 0 Å². The lowest BCUT2D eigenvalue weighted by atomic mass is 9.73. The van der Waals surface area contributed by atoms with E-state index in [4.69, 9.17) is 0 Å². The smallest absolute Gasteiger partial charge is 0.00503 e. The molecule has 1 aliphatic carbocycles. The molecule has 0 bridgehead atoms. The van der Waals surface area contributed by atoms with Crippen LogP contribution in [-0.4, -0.2) is 38.1 Å². The average Bonchev–Trinajstić information content (AvgIpc) is 2.79. The Balaban J connectivity index is 1.89. The van der Waals surface area contributed by atoms with Crippen molar-refractivity contribution in [3.8, 4) is 0 Å². The Morgan fingerprint density at radius 2 is 1.94 bits per heavy atom. The van der Waals surface area contributed by atoms with Gasteiger partial charge in [-0.15, -0.1) is 0 Å². The van der Waals surface area contributed by atoms with Gasteiger partial charge in [-0.05, 0) is 50.1 Å². The summed E-state index contributed by atoms with van der Waals surface area (Å²) in [5.41, 5.74) is 0.582. The first kappa shape index (κ1) is 14.3. The summed E-state index contributed by atoms with van der Waals surface area (Å²) < 4.78 is 0. The standard InChI is InChI=1S/C16H32N2/c1-14(2)15-7-10-18(11-15)13-16(12-17-3)8-5-4-6-9-16/h14-15,17H,4-13H2,1-3H3. The van der Waals surface area contributed by atoms with Crippen molar-refractivity contribution in [3.63, 3.8) is 0 Å². The van der Waals surface area contributed by atoms with E-state index in [1.165, 1.54) is 64.7 Å². The fraction of sp³-hybridized carbons (Fsp3) is 1.00. The lowest BCUT2D eigenvalue weighted by Gasteiger charge is -2.40. The third-order valence-electron chi connectivity index (χ3n) is 5.28. The summed E-state index contributed by atoms with van der Waals surface area (Å²) >= 11 is 0. The van der Waals surface area contributed by atoms with Crippen LogP contribution < -0.4 is 5.32 Å². The van der Waals surface area contributed by atoms with Crippen LogP contribution >= 0.6 is 0 Å². The molecule has 106 valence electrons. The molecule has 1 aliphatic heterocycles. The van der Waals surface area contributed by atoms with Crippen molar-refractivity contribution in [2.75, 3.05) is 33.2 Å². The third-order valence-corrected chi connectivity index (χ3v) is 5.28. The highest BCUT2D eigenvalue weighted by molar-refractivity contribution is 4.90. The minimum absolute atomic E-state index is 0.582. The lowest BCUT2D eigenvalue weighted by molar-refractivity contribution is 0.115. The SMILES string of the molecule is CNCC1(CN2CCC(C(C)C)C2)CCCCC1. The predicted molar refractivity (Wildman–Crippen MR) is 78.8 cm³/mol. The average molecular weight is 252 g/mol. The van der Waals surface area contributed by atoms with E-state index in [2.05, 4.69) is 31.1 Å². The molecule has 2 rings (SSSR count). The number of hydrogen-bond donors (Lipinski definition) is 1. The zero-order valence-corrected chi connectivity index (χ0v) is 12.7.